The van der Waals surface area contributed by atoms with E-state index in [-0.39, 0.29) is 11.2 Å². The van der Waals surface area contributed by atoms with Crippen molar-refractivity contribution >= 4 is 39.2 Å². The molecule has 4 nitrogen and oxygen atoms in total. The van der Waals surface area contributed by atoms with Gasteiger partial charge >= 0.3 is 0 Å². The number of nitrogens with zero attached hydrogens (tertiary/aromatic N) is 3. The van der Waals surface area contributed by atoms with Gasteiger partial charge in [-0.1, -0.05) is 18.7 Å². The van der Waals surface area contributed by atoms with E-state index in [1.807, 2.05) is 30.1 Å². The first-order valence-electron chi connectivity index (χ1n) is 9.77. The Bertz CT molecular complexity index is 824. The number of aromatic nitrogens is 2. The molecular formula is C20H27N3OS2. The zero-order valence-corrected chi connectivity index (χ0v) is 17.5. The van der Waals surface area contributed by atoms with Gasteiger partial charge in [0.25, 0.3) is 0 Å². The molecule has 140 valence electrons. The van der Waals surface area contributed by atoms with E-state index in [9.17, 15) is 4.79 Å². The maximum Gasteiger partial charge on any atom is 0.235 e. The first-order chi connectivity index (χ1) is 12.5. The summed E-state index contributed by atoms with van der Waals surface area (Å²) in [6.07, 6.45) is 7.06. The monoisotopic (exact) mass is 389 g/mol. The third-order valence-electron chi connectivity index (χ3n) is 5.62. The molecule has 26 heavy (non-hydrogen) atoms. The number of hydrogen-bond acceptors (Lipinski definition) is 5. The van der Waals surface area contributed by atoms with Crippen molar-refractivity contribution in [2.24, 2.45) is 5.92 Å². The minimum Gasteiger partial charge on any atom is -0.342 e. The zero-order chi connectivity index (χ0) is 18.3. The Morgan fingerprint density at radius 3 is 2.73 bits per heavy atom. The molecule has 1 atom stereocenters. The standard InChI is InChI=1S/C20H27N3OS2/c1-12-8-10-23(11-9-12)20(24)13(2)25-18-17-15-6-4-5-7-16(15)26-19(17)22-14(3)21-18/h12-13H,4-11H2,1-3H3/t13-/m1/s1. The predicted octanol–water partition coefficient (Wildman–Crippen LogP) is 4.62. The van der Waals surface area contributed by atoms with Gasteiger partial charge in [-0.05, 0) is 63.9 Å². The second-order valence-corrected chi connectivity index (χ2v) is 10.1. The Balaban J connectivity index is 1.60. The van der Waals surface area contributed by atoms with Crippen molar-refractivity contribution in [3.63, 3.8) is 0 Å². The zero-order valence-electron chi connectivity index (χ0n) is 15.9. The maximum atomic E-state index is 12.9. The van der Waals surface area contributed by atoms with Crippen LogP contribution in [0.15, 0.2) is 5.03 Å². The first kappa shape index (κ1) is 18.2. The Morgan fingerprint density at radius 2 is 1.96 bits per heavy atom. The summed E-state index contributed by atoms with van der Waals surface area (Å²) < 4.78 is 0. The summed E-state index contributed by atoms with van der Waals surface area (Å²) in [5.74, 6) is 1.81. The van der Waals surface area contributed by atoms with Crippen LogP contribution in [0, 0.1) is 12.8 Å². The Labute approximate surface area is 163 Å². The number of piperidine rings is 1. The summed E-state index contributed by atoms with van der Waals surface area (Å²) in [5, 5.41) is 2.14. The maximum absolute atomic E-state index is 12.9. The van der Waals surface area contributed by atoms with E-state index in [1.54, 1.807) is 11.8 Å². The van der Waals surface area contributed by atoms with Crippen molar-refractivity contribution in [3.8, 4) is 0 Å². The molecular weight excluding hydrogens is 362 g/mol. The van der Waals surface area contributed by atoms with E-state index in [0.717, 1.165) is 54.0 Å². The highest BCUT2D eigenvalue weighted by molar-refractivity contribution is 8.00. The van der Waals surface area contributed by atoms with Gasteiger partial charge in [0.05, 0.1) is 5.25 Å². The van der Waals surface area contributed by atoms with E-state index >= 15 is 0 Å². The third-order valence-corrected chi connectivity index (χ3v) is 7.88. The average Bonchev–Trinajstić information content (AvgIpc) is 2.99. The third kappa shape index (κ3) is 3.50. The lowest BCUT2D eigenvalue weighted by Crippen LogP contribution is -2.41. The summed E-state index contributed by atoms with van der Waals surface area (Å²) in [5.41, 5.74) is 1.45. The number of rotatable bonds is 3. The Kier molecular flexibility index (Phi) is 5.24. The van der Waals surface area contributed by atoms with Gasteiger partial charge in [-0.15, -0.1) is 11.3 Å². The lowest BCUT2D eigenvalue weighted by Gasteiger charge is -2.32. The molecule has 3 heterocycles. The highest BCUT2D eigenvalue weighted by Crippen LogP contribution is 2.40. The number of likely N-dealkylation sites (tertiary alicyclic amines) is 1. The van der Waals surface area contributed by atoms with Crippen molar-refractivity contribution in [2.75, 3.05) is 13.1 Å². The molecule has 2 aromatic rings. The summed E-state index contributed by atoms with van der Waals surface area (Å²) in [7, 11) is 0. The van der Waals surface area contributed by atoms with Crippen LogP contribution in [0.25, 0.3) is 10.2 Å². The van der Waals surface area contributed by atoms with Gasteiger partial charge in [0.2, 0.25) is 5.91 Å². The molecule has 1 fully saturated rings. The molecule has 0 saturated carbocycles. The highest BCUT2D eigenvalue weighted by Gasteiger charge is 2.27. The molecule has 1 aliphatic heterocycles. The van der Waals surface area contributed by atoms with E-state index in [2.05, 4.69) is 6.92 Å². The van der Waals surface area contributed by atoms with Gasteiger partial charge in [-0.25, -0.2) is 9.97 Å². The van der Waals surface area contributed by atoms with Crippen LogP contribution in [0.5, 0.6) is 0 Å². The summed E-state index contributed by atoms with van der Waals surface area (Å²) >= 11 is 3.46. The normalized spacial score (nSPS) is 19.6. The van der Waals surface area contributed by atoms with Gasteiger partial charge in [-0.3, -0.25) is 4.79 Å². The molecule has 0 N–H and O–H groups in total. The first-order valence-corrected chi connectivity index (χ1v) is 11.5. The Hall–Kier alpha value is -1.14. The molecule has 6 heteroatoms. The van der Waals surface area contributed by atoms with Crippen LogP contribution in [-0.4, -0.2) is 39.1 Å². The van der Waals surface area contributed by atoms with Crippen LogP contribution in [0.4, 0.5) is 0 Å². The van der Waals surface area contributed by atoms with Gasteiger partial charge in [0.1, 0.15) is 15.7 Å². The van der Waals surface area contributed by atoms with E-state index in [0.29, 0.717) is 0 Å². The minimum absolute atomic E-state index is 0.0972. The van der Waals surface area contributed by atoms with Crippen LogP contribution in [-0.2, 0) is 17.6 Å². The summed E-state index contributed by atoms with van der Waals surface area (Å²) in [6, 6.07) is 0. The average molecular weight is 390 g/mol. The lowest BCUT2D eigenvalue weighted by atomic mass is 9.97. The molecule has 0 spiro atoms. The van der Waals surface area contributed by atoms with Crippen LogP contribution >= 0.6 is 23.1 Å². The molecule has 0 unspecified atom stereocenters. The van der Waals surface area contributed by atoms with Crippen LogP contribution in [0.1, 0.15) is 55.8 Å². The number of amides is 1. The lowest BCUT2D eigenvalue weighted by molar-refractivity contribution is -0.131. The molecule has 0 bridgehead atoms. The highest BCUT2D eigenvalue weighted by atomic mass is 32.2. The molecule has 2 aliphatic rings. The van der Waals surface area contributed by atoms with E-state index in [1.165, 1.54) is 35.1 Å². The number of thioether (sulfide) groups is 1. The summed E-state index contributed by atoms with van der Waals surface area (Å²) in [6.45, 7) is 8.07. The smallest absolute Gasteiger partial charge is 0.235 e. The van der Waals surface area contributed by atoms with Gasteiger partial charge in [0.15, 0.2) is 0 Å². The number of carbonyl (C=O) groups excluding carboxylic acids is 1. The number of thiophene rings is 1. The largest absolute Gasteiger partial charge is 0.342 e. The fraction of sp³-hybridized carbons (Fsp3) is 0.650. The molecule has 0 radical (unpaired) electrons. The minimum atomic E-state index is -0.0972. The number of aryl methyl sites for hydroxylation is 3. The van der Waals surface area contributed by atoms with Crippen molar-refractivity contribution in [1.82, 2.24) is 14.9 Å². The van der Waals surface area contributed by atoms with Gasteiger partial charge < -0.3 is 4.90 Å². The predicted molar refractivity (Wildman–Crippen MR) is 109 cm³/mol. The SMILES string of the molecule is Cc1nc(S[C@H](C)C(=O)N2CCC(C)CC2)c2c3c(sc2n1)CCCC3. The van der Waals surface area contributed by atoms with Gasteiger partial charge in [0, 0.05) is 23.4 Å². The van der Waals surface area contributed by atoms with Crippen molar-refractivity contribution in [1.29, 1.82) is 0 Å². The quantitative estimate of drug-likeness (QED) is 0.568. The second kappa shape index (κ2) is 7.47. The van der Waals surface area contributed by atoms with Gasteiger partial charge in [-0.2, -0.15) is 0 Å². The fourth-order valence-electron chi connectivity index (χ4n) is 4.01. The van der Waals surface area contributed by atoms with Crippen molar-refractivity contribution in [2.45, 2.75) is 69.6 Å². The fourth-order valence-corrected chi connectivity index (χ4v) is 6.49. The molecule has 2 aromatic heterocycles. The van der Waals surface area contributed by atoms with Crippen LogP contribution in [0.2, 0.25) is 0 Å². The molecule has 1 amide bonds. The van der Waals surface area contributed by atoms with E-state index < -0.39 is 0 Å². The molecule has 4 rings (SSSR count). The topological polar surface area (TPSA) is 46.1 Å². The molecule has 1 aliphatic carbocycles. The molecule has 1 saturated heterocycles. The molecule has 0 aromatic carbocycles. The van der Waals surface area contributed by atoms with Crippen molar-refractivity contribution in [3.05, 3.63) is 16.3 Å². The second-order valence-electron chi connectivity index (χ2n) is 7.73. The Morgan fingerprint density at radius 1 is 1.23 bits per heavy atom. The van der Waals surface area contributed by atoms with Crippen LogP contribution < -0.4 is 0 Å². The number of fused-ring (bicyclic) bond motifs is 3. The van der Waals surface area contributed by atoms with E-state index in [4.69, 9.17) is 9.97 Å². The summed E-state index contributed by atoms with van der Waals surface area (Å²) in [4.78, 5) is 27.0. The number of hydrogen-bond donors (Lipinski definition) is 0. The van der Waals surface area contributed by atoms with Crippen molar-refractivity contribution < 1.29 is 4.79 Å². The van der Waals surface area contributed by atoms with Crippen LogP contribution in [0.3, 0.4) is 0 Å². The number of carbonyl (C=O) groups is 1.